The Labute approximate surface area is 86.6 Å². The van der Waals surface area contributed by atoms with Gasteiger partial charge in [0.15, 0.2) is 0 Å². The number of carbonyl (C=O) groups excluding carboxylic acids is 1. The average Bonchev–Trinajstić information content (AvgIpc) is 2.49. The Kier molecular flexibility index (Phi) is 2.50. The molecule has 1 spiro atoms. The first-order valence-corrected chi connectivity index (χ1v) is 5.80. The van der Waals surface area contributed by atoms with Crippen LogP contribution in [0.15, 0.2) is 11.6 Å². The highest BCUT2D eigenvalue weighted by Crippen LogP contribution is 2.54. The maximum atomic E-state index is 11.1. The molecule has 1 heteroatoms. The van der Waals surface area contributed by atoms with Crippen LogP contribution in [0.25, 0.3) is 0 Å². The molecular formula is C13H20O. The second kappa shape index (κ2) is 3.52. The van der Waals surface area contributed by atoms with Crippen molar-refractivity contribution in [2.24, 2.45) is 17.3 Å². The van der Waals surface area contributed by atoms with Gasteiger partial charge < -0.3 is 4.79 Å². The van der Waals surface area contributed by atoms with Gasteiger partial charge in [0, 0.05) is 5.92 Å². The SMILES string of the molecule is CC1=CCC2(CC1)C(C=O)CC[C@H]2C. The van der Waals surface area contributed by atoms with Gasteiger partial charge in [-0.05, 0) is 50.4 Å². The lowest BCUT2D eigenvalue weighted by molar-refractivity contribution is -0.114. The van der Waals surface area contributed by atoms with Crippen LogP contribution >= 0.6 is 0 Å². The smallest absolute Gasteiger partial charge is 0.123 e. The largest absolute Gasteiger partial charge is 0.303 e. The van der Waals surface area contributed by atoms with E-state index in [0.29, 0.717) is 11.3 Å². The molecule has 0 saturated heterocycles. The molecule has 0 bridgehead atoms. The summed E-state index contributed by atoms with van der Waals surface area (Å²) in [5.74, 6) is 1.07. The minimum Gasteiger partial charge on any atom is -0.303 e. The molecule has 0 radical (unpaired) electrons. The summed E-state index contributed by atoms with van der Waals surface area (Å²) >= 11 is 0. The molecule has 1 nitrogen and oxygen atoms in total. The summed E-state index contributed by atoms with van der Waals surface area (Å²) in [5, 5.41) is 0. The summed E-state index contributed by atoms with van der Waals surface area (Å²) in [6, 6.07) is 0. The maximum Gasteiger partial charge on any atom is 0.123 e. The van der Waals surface area contributed by atoms with Crippen LogP contribution in [0.2, 0.25) is 0 Å². The molecule has 0 heterocycles. The average molecular weight is 192 g/mol. The third-order valence-corrected chi connectivity index (χ3v) is 4.61. The number of carbonyl (C=O) groups is 1. The highest BCUT2D eigenvalue weighted by Gasteiger charge is 2.47. The Morgan fingerprint density at radius 2 is 2.29 bits per heavy atom. The highest BCUT2D eigenvalue weighted by molar-refractivity contribution is 5.56. The molecule has 1 fully saturated rings. The standard InChI is InChI=1S/C13H20O/c1-10-5-7-13(8-6-10)11(2)3-4-12(13)9-14/h5,9,11-12H,3-4,6-8H2,1-2H3/t11-,12?,13?/m1/s1. The van der Waals surface area contributed by atoms with Gasteiger partial charge >= 0.3 is 0 Å². The van der Waals surface area contributed by atoms with Crippen molar-refractivity contribution >= 4 is 6.29 Å². The van der Waals surface area contributed by atoms with E-state index in [2.05, 4.69) is 19.9 Å². The lowest BCUT2D eigenvalue weighted by Crippen LogP contribution is -2.33. The van der Waals surface area contributed by atoms with Crippen molar-refractivity contribution in [3.05, 3.63) is 11.6 Å². The quantitative estimate of drug-likeness (QED) is 0.460. The van der Waals surface area contributed by atoms with Gasteiger partial charge in [-0.25, -0.2) is 0 Å². The number of aldehydes is 1. The van der Waals surface area contributed by atoms with Crippen LogP contribution in [0.5, 0.6) is 0 Å². The molecule has 0 aromatic carbocycles. The van der Waals surface area contributed by atoms with Gasteiger partial charge in [-0.1, -0.05) is 18.6 Å². The maximum absolute atomic E-state index is 11.1. The van der Waals surface area contributed by atoms with E-state index in [1.165, 1.54) is 31.1 Å². The summed E-state index contributed by atoms with van der Waals surface area (Å²) < 4.78 is 0. The Bertz CT molecular complexity index is 266. The van der Waals surface area contributed by atoms with Crippen molar-refractivity contribution in [1.29, 1.82) is 0 Å². The zero-order chi connectivity index (χ0) is 10.2. The second-order valence-electron chi connectivity index (χ2n) is 5.21. The van der Waals surface area contributed by atoms with Crippen LogP contribution in [0.3, 0.4) is 0 Å². The fraction of sp³-hybridized carbons (Fsp3) is 0.769. The first-order chi connectivity index (χ1) is 6.69. The molecule has 2 aliphatic carbocycles. The minimum absolute atomic E-state index is 0.335. The fourth-order valence-electron chi connectivity index (χ4n) is 3.36. The predicted octanol–water partition coefficient (Wildman–Crippen LogP) is 3.35. The molecular weight excluding hydrogens is 172 g/mol. The normalized spacial score (nSPS) is 42.6. The van der Waals surface area contributed by atoms with Crippen LogP contribution in [-0.4, -0.2) is 6.29 Å². The molecule has 3 atom stereocenters. The molecule has 78 valence electrons. The Hall–Kier alpha value is -0.590. The first-order valence-electron chi connectivity index (χ1n) is 5.80. The van der Waals surface area contributed by atoms with Gasteiger partial charge in [0.25, 0.3) is 0 Å². The van der Waals surface area contributed by atoms with E-state index in [9.17, 15) is 4.79 Å². The summed E-state index contributed by atoms with van der Waals surface area (Å²) in [7, 11) is 0. The summed E-state index contributed by atoms with van der Waals surface area (Å²) in [6.45, 7) is 4.54. The molecule has 0 aliphatic heterocycles. The molecule has 2 rings (SSSR count). The van der Waals surface area contributed by atoms with E-state index >= 15 is 0 Å². The van der Waals surface area contributed by atoms with Crippen molar-refractivity contribution in [2.45, 2.75) is 46.0 Å². The van der Waals surface area contributed by atoms with Crippen LogP contribution < -0.4 is 0 Å². The van der Waals surface area contributed by atoms with E-state index in [0.717, 1.165) is 18.8 Å². The lowest BCUT2D eigenvalue weighted by Gasteiger charge is -2.39. The minimum atomic E-state index is 0.335. The van der Waals surface area contributed by atoms with Gasteiger partial charge in [0.1, 0.15) is 6.29 Å². The van der Waals surface area contributed by atoms with Gasteiger partial charge in [-0.15, -0.1) is 0 Å². The molecule has 14 heavy (non-hydrogen) atoms. The van der Waals surface area contributed by atoms with Crippen LogP contribution in [-0.2, 0) is 4.79 Å². The van der Waals surface area contributed by atoms with Crippen molar-refractivity contribution in [2.75, 3.05) is 0 Å². The van der Waals surface area contributed by atoms with Crippen molar-refractivity contribution < 1.29 is 4.79 Å². The summed E-state index contributed by atoms with van der Waals surface area (Å²) in [4.78, 5) is 11.1. The van der Waals surface area contributed by atoms with Crippen molar-refractivity contribution in [1.82, 2.24) is 0 Å². The van der Waals surface area contributed by atoms with Crippen LogP contribution in [0.1, 0.15) is 46.0 Å². The van der Waals surface area contributed by atoms with E-state index in [-0.39, 0.29) is 0 Å². The Morgan fingerprint density at radius 3 is 2.86 bits per heavy atom. The van der Waals surface area contributed by atoms with E-state index < -0.39 is 0 Å². The van der Waals surface area contributed by atoms with E-state index in [4.69, 9.17) is 0 Å². The highest BCUT2D eigenvalue weighted by atomic mass is 16.1. The summed E-state index contributed by atoms with van der Waals surface area (Å²) in [5.41, 5.74) is 1.85. The topological polar surface area (TPSA) is 17.1 Å². The van der Waals surface area contributed by atoms with Gasteiger partial charge in [-0.2, -0.15) is 0 Å². The zero-order valence-corrected chi connectivity index (χ0v) is 9.25. The summed E-state index contributed by atoms with van der Waals surface area (Å²) in [6.07, 6.45) is 9.53. The predicted molar refractivity (Wildman–Crippen MR) is 58.0 cm³/mol. The Morgan fingerprint density at radius 1 is 1.50 bits per heavy atom. The zero-order valence-electron chi connectivity index (χ0n) is 9.25. The van der Waals surface area contributed by atoms with Gasteiger partial charge in [0.05, 0.1) is 0 Å². The molecule has 0 amide bonds. The monoisotopic (exact) mass is 192 g/mol. The lowest BCUT2D eigenvalue weighted by atomic mass is 9.65. The molecule has 1 saturated carbocycles. The molecule has 2 unspecified atom stereocenters. The first kappa shape index (κ1) is 9.95. The van der Waals surface area contributed by atoms with Gasteiger partial charge in [-0.3, -0.25) is 0 Å². The third kappa shape index (κ3) is 1.34. The molecule has 0 aromatic heterocycles. The number of hydrogen-bond donors (Lipinski definition) is 0. The van der Waals surface area contributed by atoms with Crippen LogP contribution in [0, 0.1) is 17.3 Å². The molecule has 2 aliphatic rings. The molecule has 0 N–H and O–H groups in total. The van der Waals surface area contributed by atoms with E-state index in [1.807, 2.05) is 0 Å². The third-order valence-electron chi connectivity index (χ3n) is 4.61. The van der Waals surface area contributed by atoms with Crippen LogP contribution in [0.4, 0.5) is 0 Å². The second-order valence-corrected chi connectivity index (χ2v) is 5.21. The number of allylic oxidation sites excluding steroid dienone is 2. The fourth-order valence-corrected chi connectivity index (χ4v) is 3.36. The Balaban J connectivity index is 2.24. The number of rotatable bonds is 1. The van der Waals surface area contributed by atoms with E-state index in [1.54, 1.807) is 0 Å². The van der Waals surface area contributed by atoms with Crippen molar-refractivity contribution in [3.8, 4) is 0 Å². The molecule has 0 aromatic rings. The van der Waals surface area contributed by atoms with Crippen molar-refractivity contribution in [3.63, 3.8) is 0 Å². The van der Waals surface area contributed by atoms with Gasteiger partial charge in [0.2, 0.25) is 0 Å². The number of hydrogen-bond acceptors (Lipinski definition) is 1.